The number of aromatic hydroxyl groups is 1. The monoisotopic (exact) mass is 298 g/mol. The van der Waals surface area contributed by atoms with Crippen molar-refractivity contribution in [3.63, 3.8) is 0 Å². The van der Waals surface area contributed by atoms with Gasteiger partial charge in [0.25, 0.3) is 5.91 Å². The molecule has 0 aliphatic heterocycles. The van der Waals surface area contributed by atoms with E-state index in [0.29, 0.717) is 17.7 Å². The Balaban J connectivity index is 2.08. The van der Waals surface area contributed by atoms with Crippen molar-refractivity contribution >= 4 is 11.6 Å². The Hall–Kier alpha value is -2.66. The first-order valence-electron chi connectivity index (χ1n) is 7.00. The van der Waals surface area contributed by atoms with Crippen LogP contribution in [0.5, 0.6) is 5.75 Å². The van der Waals surface area contributed by atoms with E-state index in [4.69, 9.17) is 0 Å². The highest BCUT2D eigenvalue weighted by Crippen LogP contribution is 2.13. The first kappa shape index (κ1) is 15.7. The Bertz CT molecular complexity index is 651. The molecule has 114 valence electrons. The number of aliphatic hydroxyl groups excluding tert-OH is 1. The molecule has 2 aromatic carbocycles. The lowest BCUT2D eigenvalue weighted by Gasteiger charge is -2.10. The average molecular weight is 298 g/mol. The molecule has 0 radical (unpaired) electrons. The second-order valence-corrected chi connectivity index (χ2v) is 4.75. The van der Waals surface area contributed by atoms with Crippen molar-refractivity contribution in [3.05, 3.63) is 65.7 Å². The molecule has 5 heteroatoms. The largest absolute Gasteiger partial charge is 0.508 e. The van der Waals surface area contributed by atoms with E-state index in [-0.39, 0.29) is 5.75 Å². The number of aliphatic hydroxyl groups is 1. The summed E-state index contributed by atoms with van der Waals surface area (Å²) in [6.07, 6.45) is -0.658. The number of nitrogens with one attached hydrogen (secondary N) is 1. The van der Waals surface area contributed by atoms with E-state index < -0.39 is 12.0 Å². The summed E-state index contributed by atoms with van der Waals surface area (Å²) in [5, 5.41) is 23.3. The van der Waals surface area contributed by atoms with Gasteiger partial charge in [0.05, 0.1) is 5.71 Å². The molecule has 3 N–H and O–H groups in total. The smallest absolute Gasteiger partial charge is 0.273 e. The van der Waals surface area contributed by atoms with Gasteiger partial charge < -0.3 is 10.2 Å². The number of hydrazone groups is 1. The van der Waals surface area contributed by atoms with Gasteiger partial charge in [-0.1, -0.05) is 37.3 Å². The zero-order valence-corrected chi connectivity index (χ0v) is 12.2. The molecule has 0 saturated carbocycles. The van der Waals surface area contributed by atoms with Crippen molar-refractivity contribution in [2.24, 2.45) is 5.10 Å². The number of phenolic OH excluding ortho intramolecular Hbond substituents is 1. The number of carbonyl (C=O) groups excluding carboxylic acids is 1. The van der Waals surface area contributed by atoms with Gasteiger partial charge in [0.2, 0.25) is 0 Å². The summed E-state index contributed by atoms with van der Waals surface area (Å²) in [6.45, 7) is 1.91. The molecule has 0 heterocycles. The summed E-state index contributed by atoms with van der Waals surface area (Å²) in [5.74, 6) is -0.418. The van der Waals surface area contributed by atoms with Gasteiger partial charge in [-0.2, -0.15) is 5.10 Å². The molecule has 0 aliphatic carbocycles. The Kier molecular flexibility index (Phi) is 5.27. The number of phenols is 1. The summed E-state index contributed by atoms with van der Waals surface area (Å²) < 4.78 is 0. The highest BCUT2D eigenvalue weighted by molar-refractivity contribution is 6.01. The van der Waals surface area contributed by atoms with Crippen LogP contribution in [0.2, 0.25) is 0 Å². The van der Waals surface area contributed by atoms with Crippen molar-refractivity contribution in [1.29, 1.82) is 0 Å². The zero-order valence-electron chi connectivity index (χ0n) is 12.2. The van der Waals surface area contributed by atoms with Crippen molar-refractivity contribution in [1.82, 2.24) is 5.43 Å². The van der Waals surface area contributed by atoms with Gasteiger partial charge in [-0.3, -0.25) is 4.79 Å². The van der Waals surface area contributed by atoms with E-state index in [1.165, 1.54) is 0 Å². The minimum Gasteiger partial charge on any atom is -0.508 e. The van der Waals surface area contributed by atoms with Crippen molar-refractivity contribution in [2.45, 2.75) is 19.4 Å². The quantitative estimate of drug-likeness (QED) is 0.585. The molecule has 0 saturated heterocycles. The highest BCUT2D eigenvalue weighted by Gasteiger charge is 2.16. The lowest BCUT2D eigenvalue weighted by atomic mass is 10.1. The number of amides is 1. The van der Waals surface area contributed by atoms with Gasteiger partial charge in [0.1, 0.15) is 5.75 Å². The highest BCUT2D eigenvalue weighted by atomic mass is 16.3. The number of hydrogen-bond acceptors (Lipinski definition) is 4. The molecule has 1 atom stereocenters. The Morgan fingerprint density at radius 1 is 1.14 bits per heavy atom. The fourth-order valence-electron chi connectivity index (χ4n) is 1.97. The van der Waals surface area contributed by atoms with Gasteiger partial charge in [0, 0.05) is 0 Å². The van der Waals surface area contributed by atoms with Crippen LogP contribution in [0.25, 0.3) is 0 Å². The number of hydrogen-bond donors (Lipinski definition) is 3. The first-order valence-corrected chi connectivity index (χ1v) is 7.00. The summed E-state index contributed by atoms with van der Waals surface area (Å²) >= 11 is 0. The van der Waals surface area contributed by atoms with Crippen molar-refractivity contribution in [3.8, 4) is 5.75 Å². The van der Waals surface area contributed by atoms with Crippen molar-refractivity contribution < 1.29 is 15.0 Å². The minimum atomic E-state index is -1.26. The fourth-order valence-corrected chi connectivity index (χ4v) is 1.97. The van der Waals surface area contributed by atoms with Crippen LogP contribution in [0.3, 0.4) is 0 Å². The molecule has 0 aromatic heterocycles. The molecule has 1 unspecified atom stereocenters. The molecule has 2 aromatic rings. The molecule has 0 bridgehead atoms. The van der Waals surface area contributed by atoms with Crippen LogP contribution in [0.4, 0.5) is 0 Å². The van der Waals surface area contributed by atoms with Crippen LogP contribution < -0.4 is 5.43 Å². The third kappa shape index (κ3) is 3.93. The Morgan fingerprint density at radius 2 is 1.77 bits per heavy atom. The Morgan fingerprint density at radius 3 is 2.36 bits per heavy atom. The second kappa shape index (κ2) is 7.38. The summed E-state index contributed by atoms with van der Waals surface area (Å²) in [4.78, 5) is 11.9. The van der Waals surface area contributed by atoms with Crippen LogP contribution in [-0.2, 0) is 4.79 Å². The summed E-state index contributed by atoms with van der Waals surface area (Å²) in [5.41, 5.74) is 4.35. The van der Waals surface area contributed by atoms with Gasteiger partial charge in [-0.15, -0.1) is 0 Å². The van der Waals surface area contributed by atoms with Gasteiger partial charge in [-0.05, 0) is 41.8 Å². The Labute approximate surface area is 128 Å². The number of rotatable bonds is 5. The number of carbonyl (C=O) groups is 1. The SMILES string of the molecule is CCC(=NNC(=O)C(O)c1ccccc1)c1ccc(O)cc1. The van der Waals surface area contributed by atoms with E-state index in [9.17, 15) is 15.0 Å². The van der Waals surface area contributed by atoms with E-state index >= 15 is 0 Å². The number of benzene rings is 2. The molecular formula is C17H18N2O3. The van der Waals surface area contributed by atoms with E-state index in [2.05, 4.69) is 10.5 Å². The van der Waals surface area contributed by atoms with E-state index in [1.54, 1.807) is 48.5 Å². The fraction of sp³-hybridized carbons (Fsp3) is 0.176. The molecule has 2 rings (SSSR count). The molecule has 0 fully saturated rings. The molecule has 5 nitrogen and oxygen atoms in total. The van der Waals surface area contributed by atoms with Crippen LogP contribution in [0.15, 0.2) is 59.7 Å². The van der Waals surface area contributed by atoms with Gasteiger partial charge in [-0.25, -0.2) is 5.43 Å². The lowest BCUT2D eigenvalue weighted by Crippen LogP contribution is -2.26. The minimum absolute atomic E-state index is 0.169. The number of nitrogens with zero attached hydrogens (tertiary/aromatic N) is 1. The van der Waals surface area contributed by atoms with Crippen LogP contribution in [0, 0.1) is 0 Å². The lowest BCUT2D eigenvalue weighted by molar-refractivity contribution is -0.129. The second-order valence-electron chi connectivity index (χ2n) is 4.75. The average Bonchev–Trinajstić information content (AvgIpc) is 2.56. The molecule has 22 heavy (non-hydrogen) atoms. The zero-order chi connectivity index (χ0) is 15.9. The third-order valence-electron chi connectivity index (χ3n) is 3.20. The van der Waals surface area contributed by atoms with Gasteiger partial charge >= 0.3 is 0 Å². The van der Waals surface area contributed by atoms with E-state index in [1.807, 2.05) is 13.0 Å². The van der Waals surface area contributed by atoms with Crippen LogP contribution >= 0.6 is 0 Å². The molecule has 1 amide bonds. The molecule has 0 aliphatic rings. The predicted octanol–water partition coefficient (Wildman–Crippen LogP) is 2.36. The first-order chi connectivity index (χ1) is 10.6. The van der Waals surface area contributed by atoms with Crippen LogP contribution in [-0.4, -0.2) is 21.8 Å². The maximum atomic E-state index is 11.9. The third-order valence-corrected chi connectivity index (χ3v) is 3.20. The summed E-state index contributed by atoms with van der Waals surface area (Å²) in [7, 11) is 0. The van der Waals surface area contributed by atoms with Crippen LogP contribution in [0.1, 0.15) is 30.6 Å². The normalized spacial score (nSPS) is 12.7. The van der Waals surface area contributed by atoms with Gasteiger partial charge in [0.15, 0.2) is 6.10 Å². The molecule has 0 spiro atoms. The van der Waals surface area contributed by atoms with E-state index in [0.717, 1.165) is 5.56 Å². The predicted molar refractivity (Wildman–Crippen MR) is 84.5 cm³/mol. The molecular weight excluding hydrogens is 280 g/mol. The maximum Gasteiger partial charge on any atom is 0.273 e. The standard InChI is InChI=1S/C17H18N2O3/c1-2-15(12-8-10-14(20)11-9-12)18-19-17(22)16(21)13-6-4-3-5-7-13/h3-11,16,20-21H,2H2,1H3,(H,19,22). The maximum absolute atomic E-state index is 11.9. The summed E-state index contributed by atoms with van der Waals surface area (Å²) in [6, 6.07) is 15.2. The van der Waals surface area contributed by atoms with Crippen molar-refractivity contribution in [2.75, 3.05) is 0 Å². The topological polar surface area (TPSA) is 81.9 Å².